The van der Waals surface area contributed by atoms with Crippen molar-refractivity contribution in [2.45, 2.75) is 34.1 Å². The summed E-state index contributed by atoms with van der Waals surface area (Å²) in [5.41, 5.74) is 5.93. The maximum absolute atomic E-state index is 12.3. The van der Waals surface area contributed by atoms with Crippen molar-refractivity contribution in [1.82, 2.24) is 24.8 Å². The minimum absolute atomic E-state index is 0.0587. The van der Waals surface area contributed by atoms with Crippen molar-refractivity contribution in [1.29, 1.82) is 0 Å². The summed E-state index contributed by atoms with van der Waals surface area (Å²) in [6.07, 6.45) is 1.52. The van der Waals surface area contributed by atoms with Gasteiger partial charge in [0, 0.05) is 16.0 Å². The number of thiophene rings is 1. The van der Waals surface area contributed by atoms with Crippen molar-refractivity contribution >= 4 is 50.0 Å². The van der Waals surface area contributed by atoms with Crippen LogP contribution < -0.4 is 11.0 Å². The van der Waals surface area contributed by atoms with Gasteiger partial charge in [0.25, 0.3) is 5.56 Å². The lowest BCUT2D eigenvalue weighted by atomic mass is 10.2. The Morgan fingerprint density at radius 3 is 2.89 bits per heavy atom. The minimum Gasteiger partial charge on any atom is -0.309 e. The van der Waals surface area contributed by atoms with Crippen molar-refractivity contribution in [2.75, 3.05) is 0 Å². The summed E-state index contributed by atoms with van der Waals surface area (Å²) >= 11 is 3.01. The second kappa shape index (κ2) is 6.95. The molecule has 8 nitrogen and oxygen atoms in total. The molecule has 0 aliphatic carbocycles. The number of amides is 1. The molecule has 144 valence electrons. The molecule has 0 saturated heterocycles. The van der Waals surface area contributed by atoms with Crippen LogP contribution in [0.25, 0.3) is 15.2 Å². The van der Waals surface area contributed by atoms with E-state index >= 15 is 0 Å². The van der Waals surface area contributed by atoms with E-state index < -0.39 is 0 Å². The number of rotatable bonds is 4. The first-order valence-corrected chi connectivity index (χ1v) is 10.3. The molecule has 0 aliphatic heterocycles. The Morgan fingerprint density at radius 2 is 2.11 bits per heavy atom. The van der Waals surface area contributed by atoms with Crippen LogP contribution in [-0.2, 0) is 11.2 Å². The zero-order chi connectivity index (χ0) is 20.0. The molecular formula is C18H18N6O2S2. The van der Waals surface area contributed by atoms with Crippen molar-refractivity contribution in [3.05, 3.63) is 49.1 Å². The third-order valence-corrected chi connectivity index (χ3v) is 6.59. The van der Waals surface area contributed by atoms with Crippen LogP contribution in [0.5, 0.6) is 0 Å². The van der Waals surface area contributed by atoms with E-state index in [1.807, 2.05) is 37.5 Å². The Labute approximate surface area is 168 Å². The van der Waals surface area contributed by atoms with Gasteiger partial charge < -0.3 is 4.98 Å². The fourth-order valence-corrected chi connectivity index (χ4v) is 4.98. The first kappa shape index (κ1) is 18.5. The molecule has 4 rings (SSSR count). The number of imidazole rings is 1. The summed E-state index contributed by atoms with van der Waals surface area (Å²) in [6, 6.07) is 0. The van der Waals surface area contributed by atoms with E-state index in [2.05, 4.69) is 25.5 Å². The predicted octanol–water partition coefficient (Wildman–Crippen LogP) is 2.62. The largest absolute Gasteiger partial charge is 0.309 e. The number of carbonyl (C=O) groups excluding carboxylic acids is 1. The van der Waals surface area contributed by atoms with E-state index in [0.29, 0.717) is 16.0 Å². The van der Waals surface area contributed by atoms with Crippen LogP contribution in [0.2, 0.25) is 0 Å². The third kappa shape index (κ3) is 3.14. The molecular weight excluding hydrogens is 396 g/mol. The highest BCUT2D eigenvalue weighted by Gasteiger charge is 2.14. The Kier molecular flexibility index (Phi) is 4.60. The lowest BCUT2D eigenvalue weighted by Crippen LogP contribution is -2.23. The first-order valence-electron chi connectivity index (χ1n) is 8.59. The number of nitrogens with one attached hydrogen (secondary N) is 2. The van der Waals surface area contributed by atoms with Gasteiger partial charge in [0.1, 0.15) is 10.7 Å². The Balaban J connectivity index is 1.51. The summed E-state index contributed by atoms with van der Waals surface area (Å²) in [5, 5.41) is 6.66. The molecule has 0 fully saturated rings. The van der Waals surface area contributed by atoms with Crippen molar-refractivity contribution in [2.24, 2.45) is 5.10 Å². The maximum atomic E-state index is 12.3. The third-order valence-electron chi connectivity index (χ3n) is 4.55. The number of hydrogen-bond acceptors (Lipinski definition) is 7. The molecule has 4 aromatic heterocycles. The molecule has 0 unspecified atom stereocenters. The Morgan fingerprint density at radius 1 is 1.32 bits per heavy atom. The molecule has 0 atom stereocenters. The normalized spacial score (nSPS) is 11.9. The molecule has 28 heavy (non-hydrogen) atoms. The van der Waals surface area contributed by atoms with Crippen molar-refractivity contribution in [3.8, 4) is 0 Å². The summed E-state index contributed by atoms with van der Waals surface area (Å²) in [5.74, 6) is -0.0349. The summed E-state index contributed by atoms with van der Waals surface area (Å²) < 4.78 is 1.99. The highest BCUT2D eigenvalue weighted by molar-refractivity contribution is 7.18. The van der Waals surface area contributed by atoms with Gasteiger partial charge in [0.05, 0.1) is 29.4 Å². The Hall–Kier alpha value is -2.85. The summed E-state index contributed by atoms with van der Waals surface area (Å²) in [6.45, 7) is 7.74. The number of fused-ring (bicyclic) bond motifs is 2. The zero-order valence-corrected chi connectivity index (χ0v) is 17.4. The van der Waals surface area contributed by atoms with Crippen LogP contribution in [0.3, 0.4) is 0 Å². The first-order chi connectivity index (χ1) is 13.3. The highest BCUT2D eigenvalue weighted by atomic mass is 32.1. The number of hydrogen-bond donors (Lipinski definition) is 2. The van der Waals surface area contributed by atoms with E-state index in [0.717, 1.165) is 32.5 Å². The quantitative estimate of drug-likeness (QED) is 0.396. The van der Waals surface area contributed by atoms with Gasteiger partial charge in [-0.1, -0.05) is 0 Å². The standard InChI is InChI=1S/C18H18N6O2S2/c1-8-7-27-18-20-10(3)12(24(8)18)6-19-23-14(25)5-13-21-16(26)15-9(2)11(4)28-17(15)22-13/h6-7H,5H2,1-4H3,(H,23,25)(H,21,22,26)/b19-6+. The molecule has 10 heteroatoms. The maximum Gasteiger partial charge on any atom is 0.259 e. The second-order valence-corrected chi connectivity index (χ2v) is 8.56. The van der Waals surface area contributed by atoms with Crippen LogP contribution >= 0.6 is 22.7 Å². The smallest absolute Gasteiger partial charge is 0.259 e. The topological polar surface area (TPSA) is 105 Å². The summed E-state index contributed by atoms with van der Waals surface area (Å²) in [7, 11) is 0. The zero-order valence-electron chi connectivity index (χ0n) is 15.8. The Bertz CT molecular complexity index is 1310. The molecule has 0 aromatic carbocycles. The number of aromatic amines is 1. The van der Waals surface area contributed by atoms with E-state index in [1.54, 1.807) is 17.6 Å². The number of aromatic nitrogens is 4. The van der Waals surface area contributed by atoms with Gasteiger partial charge in [-0.2, -0.15) is 5.10 Å². The van der Waals surface area contributed by atoms with Gasteiger partial charge in [-0.05, 0) is 33.3 Å². The molecule has 2 N–H and O–H groups in total. The summed E-state index contributed by atoms with van der Waals surface area (Å²) in [4.78, 5) is 38.7. The van der Waals surface area contributed by atoms with Crippen LogP contribution in [0.1, 0.15) is 33.3 Å². The number of hydrazone groups is 1. The van der Waals surface area contributed by atoms with Crippen LogP contribution in [0, 0.1) is 27.7 Å². The van der Waals surface area contributed by atoms with Gasteiger partial charge >= 0.3 is 0 Å². The molecule has 0 bridgehead atoms. The van der Waals surface area contributed by atoms with Crippen molar-refractivity contribution in [3.63, 3.8) is 0 Å². The fourth-order valence-electron chi connectivity index (χ4n) is 3.02. The molecule has 0 spiro atoms. The van der Waals surface area contributed by atoms with Gasteiger partial charge in [0.2, 0.25) is 5.91 Å². The average molecular weight is 415 g/mol. The van der Waals surface area contributed by atoms with Gasteiger partial charge in [-0.25, -0.2) is 15.4 Å². The fraction of sp³-hybridized carbons (Fsp3) is 0.278. The van der Waals surface area contributed by atoms with E-state index in [-0.39, 0.29) is 17.9 Å². The monoisotopic (exact) mass is 414 g/mol. The van der Waals surface area contributed by atoms with E-state index in [9.17, 15) is 9.59 Å². The SMILES string of the molecule is Cc1nc2scc(C)n2c1/C=N/NC(=O)Cc1nc2sc(C)c(C)c2c(=O)[nH]1. The van der Waals surface area contributed by atoms with Crippen LogP contribution in [0.4, 0.5) is 0 Å². The number of thiazole rings is 1. The van der Waals surface area contributed by atoms with E-state index in [4.69, 9.17) is 0 Å². The van der Waals surface area contributed by atoms with Gasteiger partial charge in [-0.15, -0.1) is 22.7 Å². The molecule has 4 aromatic rings. The van der Waals surface area contributed by atoms with Crippen LogP contribution in [0.15, 0.2) is 15.3 Å². The van der Waals surface area contributed by atoms with Crippen LogP contribution in [-0.4, -0.2) is 31.5 Å². The average Bonchev–Trinajstić information content (AvgIpc) is 3.22. The van der Waals surface area contributed by atoms with Gasteiger partial charge in [-0.3, -0.25) is 14.0 Å². The lowest BCUT2D eigenvalue weighted by molar-refractivity contribution is -0.120. The lowest BCUT2D eigenvalue weighted by Gasteiger charge is -2.01. The minimum atomic E-state index is -0.357. The molecule has 4 heterocycles. The molecule has 0 saturated carbocycles. The van der Waals surface area contributed by atoms with Gasteiger partial charge in [0.15, 0.2) is 4.96 Å². The molecule has 0 aliphatic rings. The number of nitrogens with zero attached hydrogens (tertiary/aromatic N) is 4. The number of H-pyrrole nitrogens is 1. The second-order valence-electron chi connectivity index (χ2n) is 6.52. The molecule has 0 radical (unpaired) electrons. The van der Waals surface area contributed by atoms with E-state index in [1.165, 1.54) is 11.3 Å². The van der Waals surface area contributed by atoms with Crippen molar-refractivity contribution < 1.29 is 4.79 Å². The highest BCUT2D eigenvalue weighted by Crippen LogP contribution is 2.25. The number of aryl methyl sites for hydroxylation is 4. The molecule has 1 amide bonds. The predicted molar refractivity (Wildman–Crippen MR) is 112 cm³/mol. The number of carbonyl (C=O) groups is 1.